The average molecular weight is 232 g/mol. The molecule has 0 radical (unpaired) electrons. The summed E-state index contributed by atoms with van der Waals surface area (Å²) in [5.74, 6) is 1.14. The highest BCUT2D eigenvalue weighted by Gasteiger charge is 2.24. The molecule has 0 bridgehead atoms. The van der Waals surface area contributed by atoms with E-state index in [1.807, 2.05) is 18.0 Å². The van der Waals surface area contributed by atoms with E-state index in [1.165, 1.54) is 5.57 Å². The second kappa shape index (κ2) is 4.00. The number of imidazole rings is 1. The van der Waals surface area contributed by atoms with E-state index in [0.717, 1.165) is 37.6 Å². The van der Waals surface area contributed by atoms with Crippen LogP contribution in [0, 0.1) is 0 Å². The Morgan fingerprint density at radius 2 is 2.24 bits per heavy atom. The standard InChI is InChI=1S/C12H16N4O/c1-9(10-6-13-7-10)12(17)16-5-4-15-3-2-14-11(15)8-16/h2-3,13H,4-8H2,1H3. The van der Waals surface area contributed by atoms with Gasteiger partial charge in [-0.3, -0.25) is 4.79 Å². The normalized spacial score (nSPS) is 18.6. The first-order valence-electron chi connectivity index (χ1n) is 5.94. The minimum Gasteiger partial charge on any atom is -0.332 e. The van der Waals surface area contributed by atoms with Crippen molar-refractivity contribution in [2.75, 3.05) is 19.6 Å². The van der Waals surface area contributed by atoms with Gasteiger partial charge in [-0.2, -0.15) is 0 Å². The minimum absolute atomic E-state index is 0.163. The molecule has 0 atom stereocenters. The SMILES string of the molecule is CC(C(=O)N1CCn2ccnc2C1)=C1CNC1. The zero-order valence-electron chi connectivity index (χ0n) is 9.94. The Kier molecular flexibility index (Phi) is 2.48. The van der Waals surface area contributed by atoms with Crippen LogP contribution in [0.3, 0.4) is 0 Å². The van der Waals surface area contributed by atoms with Gasteiger partial charge in [-0.25, -0.2) is 4.98 Å². The van der Waals surface area contributed by atoms with Crippen molar-refractivity contribution < 1.29 is 4.79 Å². The molecule has 1 saturated heterocycles. The summed E-state index contributed by atoms with van der Waals surface area (Å²) in [5.41, 5.74) is 2.15. The number of carbonyl (C=O) groups excluding carboxylic acids is 1. The highest BCUT2D eigenvalue weighted by molar-refractivity contribution is 5.94. The fraction of sp³-hybridized carbons (Fsp3) is 0.500. The summed E-state index contributed by atoms with van der Waals surface area (Å²) >= 11 is 0. The van der Waals surface area contributed by atoms with Crippen LogP contribution in [0.5, 0.6) is 0 Å². The van der Waals surface area contributed by atoms with Gasteiger partial charge in [-0.1, -0.05) is 0 Å². The molecule has 1 aromatic heterocycles. The van der Waals surface area contributed by atoms with E-state index in [0.29, 0.717) is 6.54 Å². The predicted octanol–water partition coefficient (Wildman–Crippen LogP) is 0.145. The summed E-state index contributed by atoms with van der Waals surface area (Å²) in [6, 6.07) is 0. The molecule has 0 saturated carbocycles. The van der Waals surface area contributed by atoms with E-state index in [9.17, 15) is 4.79 Å². The van der Waals surface area contributed by atoms with Crippen molar-refractivity contribution in [3.63, 3.8) is 0 Å². The Morgan fingerprint density at radius 1 is 1.41 bits per heavy atom. The number of nitrogens with zero attached hydrogens (tertiary/aromatic N) is 3. The number of rotatable bonds is 1. The summed E-state index contributed by atoms with van der Waals surface area (Å²) in [7, 11) is 0. The Hall–Kier alpha value is -1.62. The van der Waals surface area contributed by atoms with Gasteiger partial charge in [-0.15, -0.1) is 0 Å². The molecule has 3 rings (SSSR count). The van der Waals surface area contributed by atoms with Crippen LogP contribution in [0.1, 0.15) is 12.7 Å². The molecule has 0 spiro atoms. The maximum absolute atomic E-state index is 12.3. The molecule has 1 N–H and O–H groups in total. The van der Waals surface area contributed by atoms with Crippen LogP contribution < -0.4 is 5.32 Å². The molecule has 0 aliphatic carbocycles. The fourth-order valence-electron chi connectivity index (χ4n) is 2.25. The number of aromatic nitrogens is 2. The summed E-state index contributed by atoms with van der Waals surface area (Å²) < 4.78 is 2.11. The average Bonchev–Trinajstić information content (AvgIpc) is 2.72. The van der Waals surface area contributed by atoms with Gasteiger partial charge < -0.3 is 14.8 Å². The first-order chi connectivity index (χ1) is 8.25. The van der Waals surface area contributed by atoms with Crippen molar-refractivity contribution >= 4 is 5.91 Å². The Morgan fingerprint density at radius 3 is 2.94 bits per heavy atom. The van der Waals surface area contributed by atoms with Crippen LogP contribution in [-0.4, -0.2) is 40.0 Å². The maximum Gasteiger partial charge on any atom is 0.250 e. The molecule has 3 heterocycles. The molecule has 0 unspecified atom stereocenters. The van der Waals surface area contributed by atoms with Gasteiger partial charge in [0.1, 0.15) is 5.82 Å². The van der Waals surface area contributed by atoms with Crippen LogP contribution in [-0.2, 0) is 17.9 Å². The van der Waals surface area contributed by atoms with Crippen molar-refractivity contribution in [1.82, 2.24) is 19.8 Å². The number of carbonyl (C=O) groups is 1. The molecular weight excluding hydrogens is 216 g/mol. The molecule has 1 aromatic rings. The second-order valence-corrected chi connectivity index (χ2v) is 4.60. The predicted molar refractivity (Wildman–Crippen MR) is 63.2 cm³/mol. The minimum atomic E-state index is 0.163. The monoisotopic (exact) mass is 232 g/mol. The lowest BCUT2D eigenvalue weighted by molar-refractivity contribution is -0.128. The van der Waals surface area contributed by atoms with E-state index in [4.69, 9.17) is 0 Å². The molecule has 5 heteroatoms. The van der Waals surface area contributed by atoms with Gasteiger partial charge in [0.2, 0.25) is 5.91 Å². The number of hydrogen-bond donors (Lipinski definition) is 1. The van der Waals surface area contributed by atoms with E-state index in [1.54, 1.807) is 6.20 Å². The second-order valence-electron chi connectivity index (χ2n) is 4.60. The molecule has 5 nitrogen and oxygen atoms in total. The Balaban J connectivity index is 1.76. The van der Waals surface area contributed by atoms with E-state index in [2.05, 4.69) is 14.9 Å². The van der Waals surface area contributed by atoms with Crippen LogP contribution in [0.25, 0.3) is 0 Å². The third kappa shape index (κ3) is 1.76. The van der Waals surface area contributed by atoms with Gasteiger partial charge in [0.25, 0.3) is 0 Å². The highest BCUT2D eigenvalue weighted by Crippen LogP contribution is 2.16. The number of fused-ring (bicyclic) bond motifs is 1. The Bertz CT molecular complexity index is 482. The highest BCUT2D eigenvalue weighted by atomic mass is 16.2. The molecule has 2 aliphatic rings. The lowest BCUT2D eigenvalue weighted by Crippen LogP contribution is -2.42. The number of nitrogens with one attached hydrogen (secondary N) is 1. The van der Waals surface area contributed by atoms with Crippen molar-refractivity contribution in [2.24, 2.45) is 0 Å². The van der Waals surface area contributed by atoms with Crippen molar-refractivity contribution in [3.05, 3.63) is 29.4 Å². The van der Waals surface area contributed by atoms with Gasteiger partial charge in [0.05, 0.1) is 6.54 Å². The zero-order valence-corrected chi connectivity index (χ0v) is 9.94. The topological polar surface area (TPSA) is 50.2 Å². The van der Waals surface area contributed by atoms with Gasteiger partial charge in [0, 0.05) is 44.1 Å². The van der Waals surface area contributed by atoms with Crippen molar-refractivity contribution in [3.8, 4) is 0 Å². The summed E-state index contributed by atoms with van der Waals surface area (Å²) in [6.07, 6.45) is 3.77. The molecule has 90 valence electrons. The summed E-state index contributed by atoms with van der Waals surface area (Å²) in [5, 5.41) is 3.17. The Labute approximate surface area is 100 Å². The van der Waals surface area contributed by atoms with Crippen LogP contribution in [0.4, 0.5) is 0 Å². The van der Waals surface area contributed by atoms with Crippen LogP contribution >= 0.6 is 0 Å². The largest absolute Gasteiger partial charge is 0.332 e. The lowest BCUT2D eigenvalue weighted by atomic mass is 10.0. The molecular formula is C12H16N4O. The quantitative estimate of drug-likeness (QED) is 0.701. The van der Waals surface area contributed by atoms with Crippen LogP contribution in [0.15, 0.2) is 23.5 Å². The van der Waals surface area contributed by atoms with Crippen molar-refractivity contribution in [1.29, 1.82) is 0 Å². The zero-order chi connectivity index (χ0) is 11.8. The van der Waals surface area contributed by atoms with Gasteiger partial charge >= 0.3 is 0 Å². The third-order valence-corrected chi connectivity index (χ3v) is 3.56. The molecule has 1 fully saturated rings. The lowest BCUT2D eigenvalue weighted by Gasteiger charge is -2.30. The van der Waals surface area contributed by atoms with Gasteiger partial charge in [0.15, 0.2) is 0 Å². The third-order valence-electron chi connectivity index (χ3n) is 3.56. The maximum atomic E-state index is 12.3. The van der Waals surface area contributed by atoms with Gasteiger partial charge in [-0.05, 0) is 12.5 Å². The van der Waals surface area contributed by atoms with E-state index in [-0.39, 0.29) is 5.91 Å². The first-order valence-corrected chi connectivity index (χ1v) is 5.94. The summed E-state index contributed by atoms with van der Waals surface area (Å²) in [6.45, 7) is 5.91. The molecule has 2 aliphatic heterocycles. The number of amides is 1. The number of hydrogen-bond acceptors (Lipinski definition) is 3. The van der Waals surface area contributed by atoms with E-state index >= 15 is 0 Å². The molecule has 0 aromatic carbocycles. The molecule has 17 heavy (non-hydrogen) atoms. The summed E-state index contributed by atoms with van der Waals surface area (Å²) in [4.78, 5) is 18.4. The van der Waals surface area contributed by atoms with Crippen LogP contribution in [0.2, 0.25) is 0 Å². The fourth-order valence-corrected chi connectivity index (χ4v) is 2.25. The molecule has 1 amide bonds. The smallest absolute Gasteiger partial charge is 0.250 e. The van der Waals surface area contributed by atoms with Crippen molar-refractivity contribution in [2.45, 2.75) is 20.0 Å². The van der Waals surface area contributed by atoms with E-state index < -0.39 is 0 Å². The first kappa shape index (κ1) is 10.5.